The predicted molar refractivity (Wildman–Crippen MR) is 108 cm³/mol. The van der Waals surface area contributed by atoms with E-state index in [0.29, 0.717) is 29.2 Å². The van der Waals surface area contributed by atoms with Crippen molar-refractivity contribution in [2.75, 3.05) is 14.2 Å². The molecule has 146 valence electrons. The van der Waals surface area contributed by atoms with E-state index < -0.39 is 0 Å². The van der Waals surface area contributed by atoms with Crippen LogP contribution in [0.2, 0.25) is 0 Å². The molecule has 2 aromatic carbocycles. The first-order valence-corrected chi connectivity index (χ1v) is 9.67. The number of unbranched alkanes of at least 4 members (excludes halogenated alkanes) is 5. The molecule has 0 saturated carbocycles. The molecule has 4 nitrogen and oxygen atoms in total. The van der Waals surface area contributed by atoms with Crippen molar-refractivity contribution >= 4 is 5.78 Å². The number of phenols is 1. The fraction of sp³-hybridized carbons (Fsp3) is 0.435. The molecule has 0 bridgehead atoms. The van der Waals surface area contributed by atoms with Gasteiger partial charge in [-0.25, -0.2) is 0 Å². The normalized spacial score (nSPS) is 10.6. The molecule has 0 radical (unpaired) electrons. The number of benzene rings is 2. The molecule has 0 atom stereocenters. The molecule has 0 aliphatic carbocycles. The van der Waals surface area contributed by atoms with Crippen molar-refractivity contribution in [1.29, 1.82) is 0 Å². The van der Waals surface area contributed by atoms with Crippen LogP contribution in [0.25, 0.3) is 0 Å². The quantitative estimate of drug-likeness (QED) is 0.392. The van der Waals surface area contributed by atoms with Crippen LogP contribution >= 0.6 is 0 Å². The van der Waals surface area contributed by atoms with Gasteiger partial charge in [0.1, 0.15) is 22.8 Å². The van der Waals surface area contributed by atoms with E-state index in [4.69, 9.17) is 9.47 Å². The first-order valence-electron chi connectivity index (χ1n) is 9.67. The number of Topliss-reactive ketones (excluding diaryl/α,β-unsaturated/α-hetero) is 1. The molecule has 0 fully saturated rings. The van der Waals surface area contributed by atoms with Crippen molar-refractivity contribution in [3.63, 3.8) is 0 Å². The Morgan fingerprint density at radius 3 is 1.96 bits per heavy atom. The maximum absolute atomic E-state index is 12.5. The molecule has 2 rings (SSSR count). The van der Waals surface area contributed by atoms with Crippen LogP contribution in [0.3, 0.4) is 0 Å². The van der Waals surface area contributed by atoms with Gasteiger partial charge in [-0.05, 0) is 49.1 Å². The molecule has 0 aliphatic heterocycles. The Morgan fingerprint density at radius 2 is 1.37 bits per heavy atom. The fourth-order valence-electron chi connectivity index (χ4n) is 3.24. The summed E-state index contributed by atoms with van der Waals surface area (Å²) in [6, 6.07) is 12.9. The van der Waals surface area contributed by atoms with Gasteiger partial charge in [-0.1, -0.05) is 43.9 Å². The van der Waals surface area contributed by atoms with Gasteiger partial charge in [-0.15, -0.1) is 0 Å². The largest absolute Gasteiger partial charge is 0.508 e. The molecule has 4 heteroatoms. The highest BCUT2D eigenvalue weighted by molar-refractivity contribution is 6.01. The lowest BCUT2D eigenvalue weighted by Crippen LogP contribution is -2.05. The summed E-state index contributed by atoms with van der Waals surface area (Å²) in [5.41, 5.74) is 1.82. The number of aryl methyl sites for hydroxylation is 1. The van der Waals surface area contributed by atoms with Crippen LogP contribution in [0.4, 0.5) is 0 Å². The predicted octanol–water partition coefficient (Wildman–Crippen LogP) is 5.57. The average molecular weight is 370 g/mol. The van der Waals surface area contributed by atoms with Crippen molar-refractivity contribution in [2.24, 2.45) is 0 Å². The molecule has 0 amide bonds. The zero-order chi connectivity index (χ0) is 19.5. The van der Waals surface area contributed by atoms with E-state index >= 15 is 0 Å². The van der Waals surface area contributed by atoms with Gasteiger partial charge in [0.05, 0.1) is 14.2 Å². The second-order valence-corrected chi connectivity index (χ2v) is 6.75. The SMILES string of the molecule is COc1cccc(OC)c1C(=O)CCCCCCCCc1ccc(O)cc1. The summed E-state index contributed by atoms with van der Waals surface area (Å²) in [6.07, 6.45) is 8.18. The Kier molecular flexibility index (Phi) is 8.69. The Bertz CT molecular complexity index is 685. The van der Waals surface area contributed by atoms with Crippen LogP contribution in [0, 0.1) is 0 Å². The van der Waals surface area contributed by atoms with E-state index in [1.165, 1.54) is 18.4 Å². The van der Waals surface area contributed by atoms with Crippen molar-refractivity contribution < 1.29 is 19.4 Å². The highest BCUT2D eigenvalue weighted by Crippen LogP contribution is 2.30. The second-order valence-electron chi connectivity index (χ2n) is 6.75. The van der Waals surface area contributed by atoms with Gasteiger partial charge >= 0.3 is 0 Å². The zero-order valence-corrected chi connectivity index (χ0v) is 16.4. The van der Waals surface area contributed by atoms with E-state index in [1.807, 2.05) is 18.2 Å². The molecular formula is C23H30O4. The third-order valence-electron chi connectivity index (χ3n) is 4.76. The molecule has 2 aromatic rings. The third-order valence-corrected chi connectivity index (χ3v) is 4.76. The van der Waals surface area contributed by atoms with E-state index in [9.17, 15) is 9.90 Å². The Morgan fingerprint density at radius 1 is 0.815 bits per heavy atom. The number of hydrogen-bond acceptors (Lipinski definition) is 4. The lowest BCUT2D eigenvalue weighted by molar-refractivity contribution is 0.0973. The van der Waals surface area contributed by atoms with Crippen molar-refractivity contribution in [3.05, 3.63) is 53.6 Å². The maximum Gasteiger partial charge on any atom is 0.170 e. The summed E-state index contributed by atoms with van der Waals surface area (Å²) in [4.78, 5) is 12.5. The molecular weight excluding hydrogens is 340 g/mol. The summed E-state index contributed by atoms with van der Waals surface area (Å²) in [6.45, 7) is 0. The average Bonchev–Trinajstić information content (AvgIpc) is 2.70. The number of carbonyl (C=O) groups excluding carboxylic acids is 1. The number of rotatable bonds is 12. The summed E-state index contributed by atoms with van der Waals surface area (Å²) in [7, 11) is 3.15. The highest BCUT2D eigenvalue weighted by Gasteiger charge is 2.17. The monoisotopic (exact) mass is 370 g/mol. The third kappa shape index (κ3) is 6.63. The smallest absolute Gasteiger partial charge is 0.170 e. The maximum atomic E-state index is 12.5. The summed E-state index contributed by atoms with van der Waals surface area (Å²) < 4.78 is 10.6. The van der Waals surface area contributed by atoms with E-state index in [-0.39, 0.29) is 5.78 Å². The topological polar surface area (TPSA) is 55.8 Å². The minimum atomic E-state index is 0.0802. The lowest BCUT2D eigenvalue weighted by atomic mass is 10.0. The minimum absolute atomic E-state index is 0.0802. The highest BCUT2D eigenvalue weighted by atomic mass is 16.5. The number of aromatic hydroxyl groups is 1. The molecule has 27 heavy (non-hydrogen) atoms. The van der Waals surface area contributed by atoms with Gasteiger partial charge in [0, 0.05) is 6.42 Å². The number of ketones is 1. The van der Waals surface area contributed by atoms with Gasteiger partial charge in [0.15, 0.2) is 5.78 Å². The number of ether oxygens (including phenoxy) is 2. The minimum Gasteiger partial charge on any atom is -0.508 e. The fourth-order valence-corrected chi connectivity index (χ4v) is 3.24. The number of phenolic OH excluding ortho intramolecular Hbond substituents is 1. The van der Waals surface area contributed by atoms with Crippen LogP contribution in [0.5, 0.6) is 17.2 Å². The van der Waals surface area contributed by atoms with E-state index in [1.54, 1.807) is 38.5 Å². The van der Waals surface area contributed by atoms with Gasteiger partial charge in [-0.2, -0.15) is 0 Å². The second kappa shape index (κ2) is 11.3. The molecule has 0 spiro atoms. The summed E-state index contributed by atoms with van der Waals surface area (Å²) >= 11 is 0. The first kappa shape index (κ1) is 20.8. The molecule has 0 aromatic heterocycles. The molecule has 0 heterocycles. The molecule has 1 N–H and O–H groups in total. The van der Waals surface area contributed by atoms with Crippen molar-refractivity contribution in [2.45, 2.75) is 51.4 Å². The number of methoxy groups -OCH3 is 2. The van der Waals surface area contributed by atoms with Crippen LogP contribution < -0.4 is 9.47 Å². The van der Waals surface area contributed by atoms with Crippen LogP contribution in [-0.4, -0.2) is 25.1 Å². The van der Waals surface area contributed by atoms with Gasteiger partial charge in [-0.3, -0.25) is 4.79 Å². The van der Waals surface area contributed by atoms with E-state index in [0.717, 1.165) is 32.1 Å². The van der Waals surface area contributed by atoms with Crippen molar-refractivity contribution in [3.8, 4) is 17.2 Å². The summed E-state index contributed by atoms with van der Waals surface area (Å²) in [5.74, 6) is 1.55. The van der Waals surface area contributed by atoms with Crippen LogP contribution in [0.15, 0.2) is 42.5 Å². The molecule has 0 unspecified atom stereocenters. The Labute approximate surface area is 162 Å². The number of hydrogen-bond donors (Lipinski definition) is 1. The van der Waals surface area contributed by atoms with E-state index in [2.05, 4.69) is 0 Å². The zero-order valence-electron chi connectivity index (χ0n) is 16.4. The molecule has 0 aliphatic rings. The van der Waals surface area contributed by atoms with Gasteiger partial charge in [0.2, 0.25) is 0 Å². The van der Waals surface area contributed by atoms with Gasteiger partial charge < -0.3 is 14.6 Å². The van der Waals surface area contributed by atoms with Gasteiger partial charge in [0.25, 0.3) is 0 Å². The Hall–Kier alpha value is -2.49. The lowest BCUT2D eigenvalue weighted by Gasteiger charge is -2.12. The van der Waals surface area contributed by atoms with Crippen LogP contribution in [-0.2, 0) is 6.42 Å². The van der Waals surface area contributed by atoms with Crippen LogP contribution in [0.1, 0.15) is 60.9 Å². The van der Waals surface area contributed by atoms with Crippen molar-refractivity contribution in [1.82, 2.24) is 0 Å². The molecule has 0 saturated heterocycles. The summed E-state index contributed by atoms with van der Waals surface area (Å²) in [5, 5.41) is 9.28. The Balaban J connectivity index is 1.63. The number of carbonyl (C=O) groups is 1. The first-order chi connectivity index (χ1) is 13.2. The standard InChI is InChI=1S/C23H30O4/c1-26-21-12-9-13-22(27-2)23(21)20(25)11-8-6-4-3-5-7-10-18-14-16-19(24)17-15-18/h9,12-17,24H,3-8,10-11H2,1-2H3.